The van der Waals surface area contributed by atoms with Gasteiger partial charge in [-0.2, -0.15) is 5.10 Å². The molecule has 1 fully saturated rings. The minimum Gasteiger partial charge on any atom is -0.337 e. The van der Waals surface area contributed by atoms with E-state index in [1.165, 1.54) is 6.07 Å². The zero-order valence-electron chi connectivity index (χ0n) is 14.7. The zero-order valence-corrected chi connectivity index (χ0v) is 14.7. The van der Waals surface area contributed by atoms with E-state index < -0.39 is 0 Å². The van der Waals surface area contributed by atoms with Crippen LogP contribution in [0, 0.1) is 12.8 Å². The minimum absolute atomic E-state index is 0.00141. The summed E-state index contributed by atoms with van der Waals surface area (Å²) in [6.45, 7) is 4.13. The minimum atomic E-state index is -0.313. The molecule has 1 aliphatic rings. The SMILES string of the molecule is CNCC1CCN(C(=O)c2nn(-c3ccccc3)c(C)cc2=O)CC1. The van der Waals surface area contributed by atoms with Crippen LogP contribution >= 0.6 is 0 Å². The van der Waals surface area contributed by atoms with Crippen molar-refractivity contribution in [2.45, 2.75) is 19.8 Å². The molecule has 2 heterocycles. The van der Waals surface area contributed by atoms with E-state index in [9.17, 15) is 9.59 Å². The van der Waals surface area contributed by atoms with Crippen LogP contribution in [0.2, 0.25) is 0 Å². The fourth-order valence-electron chi connectivity index (χ4n) is 3.30. The van der Waals surface area contributed by atoms with Gasteiger partial charge in [-0.25, -0.2) is 4.68 Å². The number of aryl methyl sites for hydroxylation is 1. The highest BCUT2D eigenvalue weighted by Gasteiger charge is 2.26. The predicted molar refractivity (Wildman–Crippen MR) is 97.1 cm³/mol. The third-order valence-corrected chi connectivity index (χ3v) is 4.71. The average molecular weight is 340 g/mol. The number of aromatic nitrogens is 2. The van der Waals surface area contributed by atoms with E-state index in [4.69, 9.17) is 0 Å². The first-order chi connectivity index (χ1) is 12.1. The Morgan fingerprint density at radius 3 is 2.56 bits per heavy atom. The normalized spacial score (nSPS) is 15.4. The molecule has 0 spiro atoms. The summed E-state index contributed by atoms with van der Waals surface area (Å²) in [4.78, 5) is 26.9. The Hall–Kier alpha value is -2.47. The van der Waals surface area contributed by atoms with Crippen molar-refractivity contribution in [3.8, 4) is 5.69 Å². The van der Waals surface area contributed by atoms with E-state index in [0.717, 1.165) is 25.1 Å². The number of carbonyl (C=O) groups is 1. The van der Waals surface area contributed by atoms with E-state index in [2.05, 4.69) is 10.4 Å². The summed E-state index contributed by atoms with van der Waals surface area (Å²) in [5.74, 6) is 0.318. The number of hydrogen-bond acceptors (Lipinski definition) is 4. The van der Waals surface area contributed by atoms with Crippen LogP contribution < -0.4 is 10.7 Å². The van der Waals surface area contributed by atoms with Gasteiger partial charge >= 0.3 is 0 Å². The molecule has 0 bridgehead atoms. The molecule has 0 aliphatic carbocycles. The predicted octanol–water partition coefficient (Wildman–Crippen LogP) is 1.61. The highest BCUT2D eigenvalue weighted by molar-refractivity contribution is 5.92. The molecule has 0 unspecified atom stereocenters. The summed E-state index contributed by atoms with van der Waals surface area (Å²) in [5.41, 5.74) is 1.23. The van der Waals surface area contributed by atoms with E-state index in [-0.39, 0.29) is 17.0 Å². The Labute approximate surface area is 147 Å². The third kappa shape index (κ3) is 3.79. The molecule has 1 saturated heterocycles. The van der Waals surface area contributed by atoms with Crippen LogP contribution in [0.3, 0.4) is 0 Å². The van der Waals surface area contributed by atoms with Crippen LogP contribution in [0.4, 0.5) is 0 Å². The first-order valence-electron chi connectivity index (χ1n) is 8.70. The standard InChI is InChI=1S/C19H24N4O2/c1-14-12-17(24)18(21-23(14)16-6-4-3-5-7-16)19(25)22-10-8-15(9-11-22)13-20-2/h3-7,12,15,20H,8-11,13H2,1-2H3. The summed E-state index contributed by atoms with van der Waals surface area (Å²) in [6, 6.07) is 11.0. The Bertz CT molecular complexity index is 793. The topological polar surface area (TPSA) is 67.2 Å². The van der Waals surface area contributed by atoms with Crippen LogP contribution in [0.15, 0.2) is 41.2 Å². The Balaban J connectivity index is 1.85. The van der Waals surface area contributed by atoms with Crippen LogP contribution in [0.1, 0.15) is 29.0 Å². The van der Waals surface area contributed by atoms with E-state index >= 15 is 0 Å². The first-order valence-corrected chi connectivity index (χ1v) is 8.70. The number of likely N-dealkylation sites (tertiary alicyclic amines) is 1. The molecule has 1 amide bonds. The Morgan fingerprint density at radius 1 is 1.24 bits per heavy atom. The lowest BCUT2D eigenvalue weighted by Crippen LogP contribution is -2.42. The molecule has 0 atom stereocenters. The molecule has 0 saturated carbocycles. The molecule has 2 aromatic rings. The Morgan fingerprint density at radius 2 is 1.92 bits per heavy atom. The van der Waals surface area contributed by atoms with Crippen LogP contribution in [0.5, 0.6) is 0 Å². The van der Waals surface area contributed by atoms with Gasteiger partial charge in [0.05, 0.1) is 5.69 Å². The number of piperidine rings is 1. The van der Waals surface area contributed by atoms with E-state index in [0.29, 0.717) is 24.7 Å². The number of nitrogens with zero attached hydrogens (tertiary/aromatic N) is 3. The molecule has 1 aromatic carbocycles. The lowest BCUT2D eigenvalue weighted by atomic mass is 9.96. The summed E-state index contributed by atoms with van der Waals surface area (Å²) in [5, 5.41) is 7.56. The number of para-hydroxylation sites is 1. The molecule has 25 heavy (non-hydrogen) atoms. The maximum atomic E-state index is 12.8. The molecule has 1 N–H and O–H groups in total. The molecule has 6 nitrogen and oxygen atoms in total. The molecular weight excluding hydrogens is 316 g/mol. The van der Waals surface area contributed by atoms with Gasteiger partial charge in [-0.05, 0) is 51.4 Å². The van der Waals surface area contributed by atoms with Crippen molar-refractivity contribution < 1.29 is 4.79 Å². The van der Waals surface area contributed by atoms with Gasteiger partial charge in [0.2, 0.25) is 5.43 Å². The van der Waals surface area contributed by atoms with Crippen molar-refractivity contribution in [3.05, 3.63) is 58.0 Å². The van der Waals surface area contributed by atoms with Crippen molar-refractivity contribution >= 4 is 5.91 Å². The van der Waals surface area contributed by atoms with E-state index in [1.54, 1.807) is 9.58 Å². The van der Waals surface area contributed by atoms with Gasteiger partial charge in [0.1, 0.15) is 0 Å². The van der Waals surface area contributed by atoms with Crippen molar-refractivity contribution in [2.75, 3.05) is 26.7 Å². The number of carbonyl (C=O) groups excluding carboxylic acids is 1. The molecule has 1 aromatic heterocycles. The molecule has 6 heteroatoms. The second-order valence-electron chi connectivity index (χ2n) is 6.54. The number of amides is 1. The highest BCUT2D eigenvalue weighted by Crippen LogP contribution is 2.17. The average Bonchev–Trinajstić information content (AvgIpc) is 2.63. The van der Waals surface area contributed by atoms with Gasteiger partial charge in [-0.15, -0.1) is 0 Å². The third-order valence-electron chi connectivity index (χ3n) is 4.71. The molecule has 132 valence electrons. The van der Waals surface area contributed by atoms with Gasteiger partial charge in [-0.3, -0.25) is 9.59 Å². The van der Waals surface area contributed by atoms with Gasteiger partial charge in [0.15, 0.2) is 5.69 Å². The molecule has 0 radical (unpaired) electrons. The van der Waals surface area contributed by atoms with Gasteiger partial charge in [0.25, 0.3) is 5.91 Å². The van der Waals surface area contributed by atoms with Crippen LogP contribution in [-0.2, 0) is 0 Å². The van der Waals surface area contributed by atoms with Crippen molar-refractivity contribution in [1.29, 1.82) is 0 Å². The second kappa shape index (κ2) is 7.61. The second-order valence-corrected chi connectivity index (χ2v) is 6.54. The lowest BCUT2D eigenvalue weighted by molar-refractivity contribution is 0.0681. The maximum Gasteiger partial charge on any atom is 0.278 e. The summed E-state index contributed by atoms with van der Waals surface area (Å²) >= 11 is 0. The summed E-state index contributed by atoms with van der Waals surface area (Å²) < 4.78 is 1.66. The largest absolute Gasteiger partial charge is 0.337 e. The zero-order chi connectivity index (χ0) is 17.8. The lowest BCUT2D eigenvalue weighted by Gasteiger charge is -2.31. The van der Waals surface area contributed by atoms with Crippen LogP contribution in [-0.4, -0.2) is 47.3 Å². The fourth-order valence-corrected chi connectivity index (χ4v) is 3.30. The Kier molecular flexibility index (Phi) is 5.28. The number of rotatable bonds is 4. The fraction of sp³-hybridized carbons (Fsp3) is 0.421. The number of benzene rings is 1. The maximum absolute atomic E-state index is 12.8. The monoisotopic (exact) mass is 340 g/mol. The quantitative estimate of drug-likeness (QED) is 0.918. The van der Waals surface area contributed by atoms with Gasteiger partial charge < -0.3 is 10.2 Å². The number of hydrogen-bond donors (Lipinski definition) is 1. The van der Waals surface area contributed by atoms with Gasteiger partial charge in [0, 0.05) is 24.8 Å². The molecular formula is C19H24N4O2. The first kappa shape index (κ1) is 17.4. The number of nitrogens with one attached hydrogen (secondary N) is 1. The van der Waals surface area contributed by atoms with Crippen molar-refractivity contribution in [1.82, 2.24) is 20.0 Å². The van der Waals surface area contributed by atoms with Gasteiger partial charge in [-0.1, -0.05) is 18.2 Å². The molecule has 3 rings (SSSR count). The smallest absolute Gasteiger partial charge is 0.278 e. The summed E-state index contributed by atoms with van der Waals surface area (Å²) in [6.07, 6.45) is 1.90. The molecule has 1 aliphatic heterocycles. The van der Waals surface area contributed by atoms with Crippen molar-refractivity contribution in [2.24, 2.45) is 5.92 Å². The van der Waals surface area contributed by atoms with Crippen molar-refractivity contribution in [3.63, 3.8) is 0 Å². The van der Waals surface area contributed by atoms with Crippen LogP contribution in [0.25, 0.3) is 5.69 Å². The van der Waals surface area contributed by atoms with E-state index in [1.807, 2.05) is 44.3 Å². The summed E-state index contributed by atoms with van der Waals surface area (Å²) in [7, 11) is 1.94. The highest BCUT2D eigenvalue weighted by atomic mass is 16.2.